The molecule has 7 heteroatoms. The second kappa shape index (κ2) is 7.99. The third-order valence-electron chi connectivity index (χ3n) is 3.64. The highest BCUT2D eigenvalue weighted by molar-refractivity contribution is 6.36. The van der Waals surface area contributed by atoms with Crippen LogP contribution in [-0.2, 0) is 4.79 Å². The summed E-state index contributed by atoms with van der Waals surface area (Å²) in [6.07, 6.45) is 0. The van der Waals surface area contributed by atoms with Crippen LogP contribution in [0.5, 0.6) is 0 Å². The number of rotatable bonds is 4. The summed E-state index contributed by atoms with van der Waals surface area (Å²) >= 11 is 12.0. The average Bonchev–Trinajstić information content (AvgIpc) is 2.46. The van der Waals surface area contributed by atoms with E-state index in [-0.39, 0.29) is 17.9 Å². The Kier molecular flexibility index (Phi) is 6.27. The van der Waals surface area contributed by atoms with Crippen molar-refractivity contribution in [1.29, 1.82) is 0 Å². The Bertz CT molecular complexity index is 585. The van der Waals surface area contributed by atoms with E-state index >= 15 is 0 Å². The van der Waals surface area contributed by atoms with E-state index < -0.39 is 0 Å². The second-order valence-electron chi connectivity index (χ2n) is 5.91. The van der Waals surface area contributed by atoms with E-state index in [2.05, 4.69) is 5.32 Å². The lowest BCUT2D eigenvalue weighted by Crippen LogP contribution is -2.51. The first-order valence-electron chi connectivity index (χ1n) is 7.63. The molecule has 0 aliphatic carbocycles. The van der Waals surface area contributed by atoms with Crippen molar-refractivity contribution in [3.8, 4) is 0 Å². The van der Waals surface area contributed by atoms with Gasteiger partial charge in [-0.2, -0.15) is 0 Å². The van der Waals surface area contributed by atoms with Gasteiger partial charge in [-0.15, -0.1) is 0 Å². The number of carbonyl (C=O) groups excluding carboxylic acids is 2. The van der Waals surface area contributed by atoms with Crippen LogP contribution in [0, 0.1) is 0 Å². The van der Waals surface area contributed by atoms with Crippen LogP contribution in [0.25, 0.3) is 0 Å². The highest BCUT2D eigenvalue weighted by atomic mass is 35.5. The number of hydrogen-bond acceptors (Lipinski definition) is 3. The largest absolute Gasteiger partial charge is 0.353 e. The van der Waals surface area contributed by atoms with E-state index in [0.717, 1.165) is 0 Å². The zero-order chi connectivity index (χ0) is 17.0. The van der Waals surface area contributed by atoms with Gasteiger partial charge in [0, 0.05) is 37.2 Å². The Morgan fingerprint density at radius 1 is 1.17 bits per heavy atom. The molecular formula is C16H21Cl2N3O2. The van der Waals surface area contributed by atoms with Gasteiger partial charge < -0.3 is 10.2 Å². The Morgan fingerprint density at radius 3 is 2.39 bits per heavy atom. The number of nitrogens with zero attached hydrogens (tertiary/aromatic N) is 2. The lowest BCUT2D eigenvalue weighted by atomic mass is 10.1. The standard InChI is InChI=1S/C16H21Cl2N3O2/c1-11(2)19-15(22)10-20-5-7-21(8-6-20)16(23)13-4-3-12(17)9-14(13)18/h3-4,9,11H,5-8,10H2,1-2H3,(H,19,22). The van der Waals surface area contributed by atoms with Gasteiger partial charge in [0.1, 0.15) is 0 Å². The van der Waals surface area contributed by atoms with Crippen LogP contribution < -0.4 is 5.32 Å². The fourth-order valence-corrected chi connectivity index (χ4v) is 3.00. The van der Waals surface area contributed by atoms with Gasteiger partial charge in [-0.25, -0.2) is 0 Å². The quantitative estimate of drug-likeness (QED) is 0.899. The van der Waals surface area contributed by atoms with Crippen LogP contribution >= 0.6 is 23.2 Å². The minimum atomic E-state index is -0.0991. The van der Waals surface area contributed by atoms with Crippen molar-refractivity contribution in [2.75, 3.05) is 32.7 Å². The van der Waals surface area contributed by atoms with E-state index in [1.165, 1.54) is 0 Å². The smallest absolute Gasteiger partial charge is 0.255 e. The first-order valence-corrected chi connectivity index (χ1v) is 8.38. The minimum Gasteiger partial charge on any atom is -0.353 e. The summed E-state index contributed by atoms with van der Waals surface area (Å²) in [4.78, 5) is 28.1. The summed E-state index contributed by atoms with van der Waals surface area (Å²) in [5.41, 5.74) is 0.460. The molecule has 1 aliphatic rings. The molecule has 0 spiro atoms. The first kappa shape index (κ1) is 18.0. The monoisotopic (exact) mass is 357 g/mol. The maximum Gasteiger partial charge on any atom is 0.255 e. The van der Waals surface area contributed by atoms with Crippen LogP contribution in [-0.4, -0.2) is 60.4 Å². The molecule has 1 fully saturated rings. The van der Waals surface area contributed by atoms with Gasteiger partial charge >= 0.3 is 0 Å². The molecule has 1 saturated heterocycles. The summed E-state index contributed by atoms with van der Waals surface area (Å²) in [6.45, 7) is 6.72. The topological polar surface area (TPSA) is 52.7 Å². The number of hydrogen-bond donors (Lipinski definition) is 1. The Hall–Kier alpha value is -1.30. The molecule has 0 unspecified atom stereocenters. The molecule has 23 heavy (non-hydrogen) atoms. The Balaban J connectivity index is 1.89. The molecule has 1 heterocycles. The van der Waals surface area contributed by atoms with Crippen LogP contribution in [0.4, 0.5) is 0 Å². The number of amides is 2. The van der Waals surface area contributed by atoms with Gasteiger partial charge in [-0.05, 0) is 32.0 Å². The number of benzene rings is 1. The molecule has 0 saturated carbocycles. The van der Waals surface area contributed by atoms with Crippen LogP contribution in [0.1, 0.15) is 24.2 Å². The lowest BCUT2D eigenvalue weighted by Gasteiger charge is -2.34. The van der Waals surface area contributed by atoms with Gasteiger partial charge in [-0.3, -0.25) is 14.5 Å². The van der Waals surface area contributed by atoms with Crippen molar-refractivity contribution in [2.24, 2.45) is 0 Å². The molecule has 0 aromatic heterocycles. The zero-order valence-electron chi connectivity index (χ0n) is 13.3. The van der Waals surface area contributed by atoms with Gasteiger partial charge in [0.05, 0.1) is 17.1 Å². The molecule has 1 aromatic carbocycles. The fourth-order valence-electron chi connectivity index (χ4n) is 2.51. The van der Waals surface area contributed by atoms with E-state index in [1.807, 2.05) is 18.7 Å². The molecule has 1 aliphatic heterocycles. The first-order chi connectivity index (χ1) is 10.9. The fraction of sp³-hybridized carbons (Fsp3) is 0.500. The Morgan fingerprint density at radius 2 is 1.83 bits per heavy atom. The van der Waals surface area contributed by atoms with Crippen LogP contribution in [0.2, 0.25) is 10.0 Å². The number of carbonyl (C=O) groups is 2. The van der Waals surface area contributed by atoms with Gasteiger partial charge in [0.25, 0.3) is 5.91 Å². The molecule has 0 atom stereocenters. The maximum absolute atomic E-state index is 12.5. The van der Waals surface area contributed by atoms with E-state index in [1.54, 1.807) is 23.1 Å². The molecule has 0 bridgehead atoms. The summed E-state index contributed by atoms with van der Waals surface area (Å²) in [5.74, 6) is -0.0847. The van der Waals surface area contributed by atoms with Crippen molar-refractivity contribution in [3.05, 3.63) is 33.8 Å². The van der Waals surface area contributed by atoms with Crippen LogP contribution in [0.3, 0.4) is 0 Å². The summed E-state index contributed by atoms with van der Waals surface area (Å²) in [6, 6.07) is 5.02. The van der Waals surface area contributed by atoms with Gasteiger partial charge in [0.2, 0.25) is 5.91 Å². The summed E-state index contributed by atoms with van der Waals surface area (Å²) in [7, 11) is 0. The van der Waals surface area contributed by atoms with Crippen molar-refractivity contribution in [1.82, 2.24) is 15.1 Å². The third-order valence-corrected chi connectivity index (χ3v) is 4.19. The van der Waals surface area contributed by atoms with E-state index in [4.69, 9.17) is 23.2 Å². The molecule has 126 valence electrons. The minimum absolute atomic E-state index is 0.0144. The number of nitrogens with one attached hydrogen (secondary N) is 1. The number of piperazine rings is 1. The van der Waals surface area contributed by atoms with Crippen LogP contribution in [0.15, 0.2) is 18.2 Å². The van der Waals surface area contributed by atoms with E-state index in [0.29, 0.717) is 48.3 Å². The van der Waals surface area contributed by atoms with Crippen molar-refractivity contribution in [2.45, 2.75) is 19.9 Å². The average molecular weight is 358 g/mol. The predicted molar refractivity (Wildman–Crippen MR) is 92.1 cm³/mol. The molecule has 2 amide bonds. The predicted octanol–water partition coefficient (Wildman–Crippen LogP) is 2.28. The highest BCUT2D eigenvalue weighted by Gasteiger charge is 2.24. The molecule has 1 N–H and O–H groups in total. The molecule has 2 rings (SSSR count). The van der Waals surface area contributed by atoms with E-state index in [9.17, 15) is 9.59 Å². The molecule has 0 radical (unpaired) electrons. The lowest BCUT2D eigenvalue weighted by molar-refractivity contribution is -0.123. The Labute approximate surface area is 146 Å². The summed E-state index contributed by atoms with van der Waals surface area (Å²) < 4.78 is 0. The second-order valence-corrected chi connectivity index (χ2v) is 6.76. The third kappa shape index (κ3) is 5.09. The molecule has 5 nitrogen and oxygen atoms in total. The zero-order valence-corrected chi connectivity index (χ0v) is 14.8. The maximum atomic E-state index is 12.5. The molecular weight excluding hydrogens is 337 g/mol. The van der Waals surface area contributed by atoms with Crippen molar-refractivity contribution >= 4 is 35.0 Å². The normalized spacial score (nSPS) is 15.8. The van der Waals surface area contributed by atoms with Gasteiger partial charge in [0.15, 0.2) is 0 Å². The number of halogens is 2. The van der Waals surface area contributed by atoms with Crippen molar-refractivity contribution < 1.29 is 9.59 Å². The molecule has 1 aromatic rings. The SMILES string of the molecule is CC(C)NC(=O)CN1CCN(C(=O)c2ccc(Cl)cc2Cl)CC1. The van der Waals surface area contributed by atoms with Gasteiger partial charge in [-0.1, -0.05) is 23.2 Å². The highest BCUT2D eigenvalue weighted by Crippen LogP contribution is 2.22. The summed E-state index contributed by atoms with van der Waals surface area (Å²) in [5, 5.41) is 3.74. The van der Waals surface area contributed by atoms with Crippen molar-refractivity contribution in [3.63, 3.8) is 0 Å².